The van der Waals surface area contributed by atoms with Crippen molar-refractivity contribution in [1.82, 2.24) is 9.78 Å². The van der Waals surface area contributed by atoms with Crippen LogP contribution in [0, 0.1) is 6.92 Å². The summed E-state index contributed by atoms with van der Waals surface area (Å²) in [5.41, 5.74) is 4.05. The van der Waals surface area contributed by atoms with Crippen LogP contribution in [0.2, 0.25) is 0 Å². The molecule has 2 aliphatic heterocycles. The van der Waals surface area contributed by atoms with E-state index in [9.17, 15) is 9.59 Å². The molecule has 0 saturated heterocycles. The minimum Gasteiger partial charge on any atom is -0.486 e. The van der Waals surface area contributed by atoms with Gasteiger partial charge in [0.05, 0.1) is 17.3 Å². The molecule has 31 heavy (non-hydrogen) atoms. The standard InChI is InChI=1S/C24H23N3O4/c1-3-15-4-7-17(8-5-15)27-24-22(14(2)26-27)18(13-21(28)25-24)23(29)16-6-9-19-20(12-16)31-11-10-30-19/h4-9,12,18H,3,10-11,13H2,1-2H3,(H,25,28)/t18-/m0/s1. The van der Waals surface area contributed by atoms with E-state index in [1.807, 2.05) is 31.2 Å². The molecule has 0 aliphatic carbocycles. The molecule has 7 heteroatoms. The lowest BCUT2D eigenvalue weighted by atomic mass is 9.85. The molecule has 1 N–H and O–H groups in total. The third kappa shape index (κ3) is 3.36. The van der Waals surface area contributed by atoms with Crippen molar-refractivity contribution in [3.05, 3.63) is 64.8 Å². The number of fused-ring (bicyclic) bond motifs is 2. The van der Waals surface area contributed by atoms with Gasteiger partial charge in [0.15, 0.2) is 17.3 Å². The van der Waals surface area contributed by atoms with E-state index >= 15 is 0 Å². The van der Waals surface area contributed by atoms with Crippen molar-refractivity contribution in [2.24, 2.45) is 0 Å². The topological polar surface area (TPSA) is 82.5 Å². The van der Waals surface area contributed by atoms with E-state index in [1.165, 1.54) is 5.56 Å². The average molecular weight is 417 g/mol. The molecule has 2 aromatic carbocycles. The number of hydrogen-bond donors (Lipinski definition) is 1. The van der Waals surface area contributed by atoms with Gasteiger partial charge in [0.1, 0.15) is 19.0 Å². The molecule has 3 aromatic rings. The van der Waals surface area contributed by atoms with E-state index in [0.29, 0.717) is 36.1 Å². The quantitative estimate of drug-likeness (QED) is 0.653. The highest BCUT2D eigenvalue weighted by atomic mass is 16.6. The molecular formula is C24H23N3O4. The summed E-state index contributed by atoms with van der Waals surface area (Å²) in [6, 6.07) is 13.2. The number of nitrogens with one attached hydrogen (secondary N) is 1. The van der Waals surface area contributed by atoms with Crippen LogP contribution in [-0.4, -0.2) is 34.7 Å². The van der Waals surface area contributed by atoms with Gasteiger partial charge < -0.3 is 14.8 Å². The summed E-state index contributed by atoms with van der Waals surface area (Å²) in [6.45, 7) is 4.91. The van der Waals surface area contributed by atoms with E-state index in [-0.39, 0.29) is 18.1 Å². The van der Waals surface area contributed by atoms with Crippen LogP contribution in [0.3, 0.4) is 0 Å². The highest BCUT2D eigenvalue weighted by Crippen LogP contribution is 2.39. The number of rotatable bonds is 4. The SMILES string of the molecule is CCc1ccc(-n2nc(C)c3c2NC(=O)C[C@@H]3C(=O)c2ccc3c(c2)OCCO3)cc1. The molecule has 1 aromatic heterocycles. The van der Waals surface area contributed by atoms with Crippen LogP contribution < -0.4 is 14.8 Å². The van der Waals surface area contributed by atoms with E-state index in [2.05, 4.69) is 17.3 Å². The van der Waals surface area contributed by atoms with Gasteiger partial charge in [0.25, 0.3) is 0 Å². The van der Waals surface area contributed by atoms with Crippen molar-refractivity contribution in [1.29, 1.82) is 0 Å². The lowest BCUT2D eigenvalue weighted by Crippen LogP contribution is -2.28. The van der Waals surface area contributed by atoms with Crippen LogP contribution in [0.1, 0.15) is 46.4 Å². The Morgan fingerprint density at radius 3 is 2.61 bits per heavy atom. The summed E-state index contributed by atoms with van der Waals surface area (Å²) >= 11 is 0. The molecule has 2 aliphatic rings. The van der Waals surface area contributed by atoms with E-state index in [0.717, 1.165) is 23.4 Å². The second kappa shape index (κ2) is 7.58. The molecule has 5 rings (SSSR count). The number of amides is 1. The van der Waals surface area contributed by atoms with Crippen molar-refractivity contribution in [3.63, 3.8) is 0 Å². The number of anilines is 1. The summed E-state index contributed by atoms with van der Waals surface area (Å²) in [5, 5.41) is 7.58. The summed E-state index contributed by atoms with van der Waals surface area (Å²) in [6.07, 6.45) is 1.03. The van der Waals surface area contributed by atoms with Crippen LogP contribution in [0.15, 0.2) is 42.5 Å². The molecule has 0 bridgehead atoms. The maximum atomic E-state index is 13.5. The van der Waals surface area contributed by atoms with Crippen LogP contribution in [-0.2, 0) is 11.2 Å². The Kier molecular flexibility index (Phi) is 4.73. The molecular weight excluding hydrogens is 394 g/mol. The first-order valence-electron chi connectivity index (χ1n) is 10.5. The summed E-state index contributed by atoms with van der Waals surface area (Å²) in [5.74, 6) is 0.820. The van der Waals surface area contributed by atoms with Crippen LogP contribution in [0.25, 0.3) is 5.69 Å². The minimum absolute atomic E-state index is 0.0849. The average Bonchev–Trinajstić information content (AvgIpc) is 3.13. The van der Waals surface area contributed by atoms with Crippen molar-refractivity contribution in [3.8, 4) is 17.2 Å². The summed E-state index contributed by atoms with van der Waals surface area (Å²) in [4.78, 5) is 26.0. The van der Waals surface area contributed by atoms with Gasteiger partial charge in [-0.1, -0.05) is 19.1 Å². The molecule has 1 atom stereocenters. The third-order valence-electron chi connectivity index (χ3n) is 5.83. The van der Waals surface area contributed by atoms with Gasteiger partial charge in [-0.05, 0) is 49.2 Å². The zero-order valence-corrected chi connectivity index (χ0v) is 17.5. The van der Waals surface area contributed by atoms with Crippen molar-refractivity contribution >= 4 is 17.5 Å². The van der Waals surface area contributed by atoms with Gasteiger partial charge in [-0.25, -0.2) is 4.68 Å². The molecule has 0 radical (unpaired) electrons. The Morgan fingerprint density at radius 2 is 1.87 bits per heavy atom. The molecule has 3 heterocycles. The molecule has 0 saturated carbocycles. The fraction of sp³-hybridized carbons (Fsp3) is 0.292. The minimum atomic E-state index is -0.602. The monoisotopic (exact) mass is 417 g/mol. The van der Waals surface area contributed by atoms with Gasteiger partial charge in [-0.3, -0.25) is 9.59 Å². The number of hydrogen-bond acceptors (Lipinski definition) is 5. The Bertz CT molecular complexity index is 1180. The zero-order chi connectivity index (χ0) is 21.5. The maximum absolute atomic E-state index is 13.5. The lowest BCUT2D eigenvalue weighted by molar-refractivity contribution is -0.116. The predicted octanol–water partition coefficient (Wildman–Crippen LogP) is 3.82. The molecule has 0 fully saturated rings. The van der Waals surface area contributed by atoms with E-state index < -0.39 is 5.92 Å². The van der Waals surface area contributed by atoms with Gasteiger partial charge >= 0.3 is 0 Å². The number of Topliss-reactive ketones (excluding diaryl/α,β-unsaturated/α-hetero) is 1. The van der Waals surface area contributed by atoms with Crippen molar-refractivity contribution in [2.75, 3.05) is 18.5 Å². The first-order valence-corrected chi connectivity index (χ1v) is 10.5. The van der Waals surface area contributed by atoms with Gasteiger partial charge in [0, 0.05) is 17.5 Å². The summed E-state index contributed by atoms with van der Waals surface area (Å²) < 4.78 is 12.9. The number of aromatic nitrogens is 2. The fourth-order valence-electron chi connectivity index (χ4n) is 4.23. The van der Waals surface area contributed by atoms with Gasteiger partial charge in [0.2, 0.25) is 5.91 Å². The van der Waals surface area contributed by atoms with Gasteiger partial charge in [-0.15, -0.1) is 0 Å². The number of nitrogens with zero attached hydrogens (tertiary/aromatic N) is 2. The fourth-order valence-corrected chi connectivity index (χ4v) is 4.23. The Balaban J connectivity index is 1.54. The predicted molar refractivity (Wildman–Crippen MR) is 115 cm³/mol. The number of ketones is 1. The number of benzene rings is 2. The molecule has 0 unspecified atom stereocenters. The second-order valence-corrected chi connectivity index (χ2v) is 7.81. The molecule has 7 nitrogen and oxygen atoms in total. The lowest BCUT2D eigenvalue weighted by Gasteiger charge is -2.24. The number of ether oxygens (including phenoxy) is 2. The normalized spacial score (nSPS) is 17.1. The number of carbonyl (C=O) groups excluding carboxylic acids is 2. The molecule has 1 amide bonds. The highest BCUT2D eigenvalue weighted by Gasteiger charge is 2.36. The largest absolute Gasteiger partial charge is 0.486 e. The van der Waals surface area contributed by atoms with Crippen LogP contribution in [0.4, 0.5) is 5.82 Å². The number of carbonyl (C=O) groups is 2. The first kappa shape index (κ1) is 19.4. The van der Waals surface area contributed by atoms with Crippen molar-refractivity contribution < 1.29 is 19.1 Å². The smallest absolute Gasteiger partial charge is 0.226 e. The zero-order valence-electron chi connectivity index (χ0n) is 17.5. The van der Waals surface area contributed by atoms with Gasteiger partial charge in [-0.2, -0.15) is 5.10 Å². The Morgan fingerprint density at radius 1 is 1.13 bits per heavy atom. The summed E-state index contributed by atoms with van der Waals surface area (Å²) in [7, 11) is 0. The number of aryl methyl sites for hydroxylation is 2. The molecule has 158 valence electrons. The third-order valence-corrected chi connectivity index (χ3v) is 5.83. The first-order chi connectivity index (χ1) is 15.0. The van der Waals surface area contributed by atoms with Crippen molar-refractivity contribution in [2.45, 2.75) is 32.6 Å². The molecule has 0 spiro atoms. The van der Waals surface area contributed by atoms with E-state index in [4.69, 9.17) is 9.47 Å². The maximum Gasteiger partial charge on any atom is 0.226 e. The van der Waals surface area contributed by atoms with Crippen LogP contribution in [0.5, 0.6) is 11.5 Å². The second-order valence-electron chi connectivity index (χ2n) is 7.81. The Labute approximate surface area is 180 Å². The highest BCUT2D eigenvalue weighted by molar-refractivity contribution is 6.08. The van der Waals surface area contributed by atoms with Crippen LogP contribution >= 0.6 is 0 Å². The van der Waals surface area contributed by atoms with E-state index in [1.54, 1.807) is 22.9 Å². The Hall–Kier alpha value is -3.61.